The molecule has 6 heteroatoms. The van der Waals surface area contributed by atoms with Gasteiger partial charge in [-0.3, -0.25) is 10.1 Å². The summed E-state index contributed by atoms with van der Waals surface area (Å²) in [7, 11) is 0. The highest BCUT2D eigenvalue weighted by Crippen LogP contribution is 2.09. The lowest BCUT2D eigenvalue weighted by atomic mass is 10.4. The van der Waals surface area contributed by atoms with E-state index >= 15 is 0 Å². The predicted octanol–water partition coefficient (Wildman–Crippen LogP) is -0.772. The van der Waals surface area contributed by atoms with Crippen LogP contribution in [0.2, 0.25) is 0 Å². The molecule has 0 fully saturated rings. The van der Waals surface area contributed by atoms with Gasteiger partial charge in [0.15, 0.2) is 0 Å². The molecule has 4 N–H and O–H groups in total. The first-order valence-corrected chi connectivity index (χ1v) is 2.96. The number of hydrogen-bond donors (Lipinski definition) is 3. The van der Waals surface area contributed by atoms with Gasteiger partial charge in [0, 0.05) is 0 Å². The summed E-state index contributed by atoms with van der Waals surface area (Å²) in [4.78, 5) is 16.6. The minimum atomic E-state index is -0.473. The molecule has 0 bridgehead atoms. The van der Waals surface area contributed by atoms with E-state index in [0.29, 0.717) is 11.0 Å². The van der Waals surface area contributed by atoms with Crippen molar-refractivity contribution in [3.05, 3.63) is 16.7 Å². The number of anilines is 1. The van der Waals surface area contributed by atoms with Crippen LogP contribution in [0.4, 0.5) is 5.82 Å². The van der Waals surface area contributed by atoms with Crippen LogP contribution in [0.25, 0.3) is 11.0 Å². The number of nitrogens with zero attached hydrogens (tertiary/aromatic N) is 2. The second-order valence-electron chi connectivity index (χ2n) is 2.09. The molecule has 0 amide bonds. The molecule has 56 valence electrons. The SMILES string of the molecule is Nc1nc(=O)[nH]c2[nH]ncc12. The first kappa shape index (κ1) is 5.90. The van der Waals surface area contributed by atoms with Gasteiger partial charge in [-0.2, -0.15) is 10.1 Å². The van der Waals surface area contributed by atoms with Gasteiger partial charge in [-0.05, 0) is 0 Å². The summed E-state index contributed by atoms with van der Waals surface area (Å²) in [5, 5.41) is 6.89. The fourth-order valence-electron chi connectivity index (χ4n) is 0.880. The van der Waals surface area contributed by atoms with E-state index in [2.05, 4.69) is 20.2 Å². The van der Waals surface area contributed by atoms with E-state index in [0.717, 1.165) is 0 Å². The van der Waals surface area contributed by atoms with Gasteiger partial charge in [-0.1, -0.05) is 0 Å². The highest BCUT2D eigenvalue weighted by atomic mass is 16.1. The van der Waals surface area contributed by atoms with Gasteiger partial charge in [-0.15, -0.1) is 0 Å². The van der Waals surface area contributed by atoms with Gasteiger partial charge in [0.1, 0.15) is 11.5 Å². The number of hydrogen-bond acceptors (Lipinski definition) is 4. The monoisotopic (exact) mass is 151 g/mol. The number of nitrogen functional groups attached to an aromatic ring is 1. The lowest BCUT2D eigenvalue weighted by molar-refractivity contribution is 1.06. The van der Waals surface area contributed by atoms with E-state index in [9.17, 15) is 4.79 Å². The van der Waals surface area contributed by atoms with Gasteiger partial charge in [0.25, 0.3) is 0 Å². The summed E-state index contributed by atoms with van der Waals surface area (Å²) in [5.74, 6) is 0.192. The first-order chi connectivity index (χ1) is 5.27. The van der Waals surface area contributed by atoms with Gasteiger partial charge in [0.05, 0.1) is 11.6 Å². The third-order valence-corrected chi connectivity index (χ3v) is 1.37. The van der Waals surface area contributed by atoms with Crippen molar-refractivity contribution in [3.63, 3.8) is 0 Å². The van der Waals surface area contributed by atoms with Crippen LogP contribution in [0.15, 0.2) is 11.0 Å². The Morgan fingerprint density at radius 2 is 2.36 bits per heavy atom. The maximum atomic E-state index is 10.7. The van der Waals surface area contributed by atoms with Crippen LogP contribution < -0.4 is 11.4 Å². The zero-order valence-electron chi connectivity index (χ0n) is 5.46. The van der Waals surface area contributed by atoms with E-state index in [1.807, 2.05) is 0 Å². The summed E-state index contributed by atoms with van der Waals surface area (Å²) in [5.41, 5.74) is 5.44. The Kier molecular flexibility index (Phi) is 0.974. The maximum Gasteiger partial charge on any atom is 0.348 e. The topological polar surface area (TPSA) is 100 Å². The molecule has 2 aromatic heterocycles. The van der Waals surface area contributed by atoms with E-state index in [1.165, 1.54) is 6.20 Å². The van der Waals surface area contributed by atoms with Crippen molar-refractivity contribution in [2.45, 2.75) is 0 Å². The van der Waals surface area contributed by atoms with Crippen molar-refractivity contribution in [2.75, 3.05) is 5.73 Å². The molecular weight excluding hydrogens is 146 g/mol. The lowest BCUT2D eigenvalue weighted by Crippen LogP contribution is -2.12. The molecular formula is C5H5N5O. The molecule has 0 spiro atoms. The van der Waals surface area contributed by atoms with E-state index in [-0.39, 0.29) is 5.82 Å². The smallest absolute Gasteiger partial charge is 0.348 e. The molecule has 2 heterocycles. The fourth-order valence-corrected chi connectivity index (χ4v) is 0.880. The number of nitrogens with one attached hydrogen (secondary N) is 2. The number of aromatic nitrogens is 4. The molecule has 0 atom stereocenters. The molecule has 0 aliphatic heterocycles. The summed E-state index contributed by atoms with van der Waals surface area (Å²) < 4.78 is 0. The van der Waals surface area contributed by atoms with E-state index in [4.69, 9.17) is 5.73 Å². The summed E-state index contributed by atoms with van der Waals surface area (Å²) in [6, 6.07) is 0. The van der Waals surface area contributed by atoms with Crippen LogP contribution in [0.1, 0.15) is 0 Å². The van der Waals surface area contributed by atoms with Crippen LogP contribution in [-0.4, -0.2) is 20.2 Å². The number of rotatable bonds is 0. The van der Waals surface area contributed by atoms with Crippen molar-refractivity contribution in [2.24, 2.45) is 0 Å². The molecule has 0 unspecified atom stereocenters. The number of fused-ring (bicyclic) bond motifs is 1. The van der Waals surface area contributed by atoms with Crippen molar-refractivity contribution in [1.82, 2.24) is 20.2 Å². The Morgan fingerprint density at radius 3 is 3.18 bits per heavy atom. The van der Waals surface area contributed by atoms with Crippen molar-refractivity contribution < 1.29 is 0 Å². The number of aromatic amines is 2. The number of H-pyrrole nitrogens is 2. The van der Waals surface area contributed by atoms with Crippen molar-refractivity contribution >= 4 is 16.9 Å². The zero-order chi connectivity index (χ0) is 7.84. The largest absolute Gasteiger partial charge is 0.383 e. The third kappa shape index (κ3) is 0.759. The predicted molar refractivity (Wildman–Crippen MR) is 38.9 cm³/mol. The Morgan fingerprint density at radius 1 is 1.55 bits per heavy atom. The third-order valence-electron chi connectivity index (χ3n) is 1.37. The Labute approximate surface area is 60.5 Å². The Hall–Kier alpha value is -1.85. The molecule has 6 nitrogen and oxygen atoms in total. The summed E-state index contributed by atoms with van der Waals surface area (Å²) in [6.45, 7) is 0. The summed E-state index contributed by atoms with van der Waals surface area (Å²) in [6.07, 6.45) is 1.51. The quantitative estimate of drug-likeness (QED) is 0.460. The highest BCUT2D eigenvalue weighted by molar-refractivity contribution is 5.83. The van der Waals surface area contributed by atoms with Gasteiger partial charge in [-0.25, -0.2) is 4.79 Å². The normalized spacial score (nSPS) is 10.5. The molecule has 0 aliphatic carbocycles. The molecule has 0 aliphatic rings. The van der Waals surface area contributed by atoms with Crippen molar-refractivity contribution in [3.8, 4) is 0 Å². The maximum absolute atomic E-state index is 10.7. The van der Waals surface area contributed by atoms with Crippen LogP contribution in [0.3, 0.4) is 0 Å². The Balaban J connectivity index is 3.02. The lowest BCUT2D eigenvalue weighted by Gasteiger charge is -1.90. The first-order valence-electron chi connectivity index (χ1n) is 2.96. The molecule has 0 saturated heterocycles. The minimum Gasteiger partial charge on any atom is -0.383 e. The Bertz CT molecular complexity index is 441. The highest BCUT2D eigenvalue weighted by Gasteiger charge is 2.01. The van der Waals surface area contributed by atoms with Gasteiger partial charge < -0.3 is 5.73 Å². The second-order valence-corrected chi connectivity index (χ2v) is 2.09. The van der Waals surface area contributed by atoms with E-state index < -0.39 is 5.69 Å². The van der Waals surface area contributed by atoms with Crippen LogP contribution in [0.5, 0.6) is 0 Å². The standard InChI is InChI=1S/C5H5N5O/c6-3-2-1-7-10-4(2)9-5(11)8-3/h1H,(H4,6,7,8,9,10,11). The molecule has 2 rings (SSSR count). The fraction of sp³-hybridized carbons (Fsp3) is 0. The molecule has 0 aromatic carbocycles. The van der Waals surface area contributed by atoms with Crippen LogP contribution in [0, 0.1) is 0 Å². The van der Waals surface area contributed by atoms with Gasteiger partial charge in [0.2, 0.25) is 0 Å². The molecule has 0 saturated carbocycles. The minimum absolute atomic E-state index is 0.192. The zero-order valence-corrected chi connectivity index (χ0v) is 5.46. The summed E-state index contributed by atoms with van der Waals surface area (Å²) >= 11 is 0. The van der Waals surface area contributed by atoms with Crippen LogP contribution >= 0.6 is 0 Å². The molecule has 0 radical (unpaired) electrons. The van der Waals surface area contributed by atoms with Gasteiger partial charge >= 0.3 is 5.69 Å². The average molecular weight is 151 g/mol. The average Bonchev–Trinajstić information content (AvgIpc) is 2.34. The molecule has 11 heavy (non-hydrogen) atoms. The van der Waals surface area contributed by atoms with Crippen LogP contribution in [-0.2, 0) is 0 Å². The van der Waals surface area contributed by atoms with E-state index in [1.54, 1.807) is 0 Å². The second kappa shape index (κ2) is 1.82. The van der Waals surface area contributed by atoms with Crippen molar-refractivity contribution in [1.29, 1.82) is 0 Å². The molecule has 2 aromatic rings. The number of nitrogens with two attached hydrogens (primary N) is 1.